The quantitative estimate of drug-likeness (QED) is 0.346. The van der Waals surface area contributed by atoms with Crippen LogP contribution in [0.2, 0.25) is 0 Å². The fourth-order valence-electron chi connectivity index (χ4n) is 5.52. The summed E-state index contributed by atoms with van der Waals surface area (Å²) < 4.78 is 0. The first kappa shape index (κ1) is 22.7. The van der Waals surface area contributed by atoms with E-state index in [1.54, 1.807) is 0 Å². The van der Waals surface area contributed by atoms with Crippen LogP contribution in [0.5, 0.6) is 0 Å². The molecule has 3 heteroatoms. The van der Waals surface area contributed by atoms with E-state index >= 15 is 0 Å². The second kappa shape index (κ2) is 13.4. The van der Waals surface area contributed by atoms with Gasteiger partial charge in [-0.2, -0.15) is 35.3 Å². The minimum absolute atomic E-state index is 1.03. The first-order valence-corrected chi connectivity index (χ1v) is 15.7. The molecule has 0 saturated heterocycles. The van der Waals surface area contributed by atoms with E-state index in [9.17, 15) is 0 Å². The molecule has 3 rings (SSSR count). The Morgan fingerprint density at radius 3 is 1.15 bits per heavy atom. The smallest absolute Gasteiger partial charge is 0.00390 e. The molecular formula is C24H44S3. The molecule has 0 spiro atoms. The molecule has 3 aliphatic rings. The number of hydrogen-bond donors (Lipinski definition) is 0. The summed E-state index contributed by atoms with van der Waals surface area (Å²) in [6, 6.07) is 0. The van der Waals surface area contributed by atoms with Crippen molar-refractivity contribution in [3.05, 3.63) is 0 Å². The second-order valence-electron chi connectivity index (χ2n) is 9.81. The Kier molecular flexibility index (Phi) is 11.3. The van der Waals surface area contributed by atoms with Crippen molar-refractivity contribution in [1.82, 2.24) is 0 Å². The molecule has 3 saturated carbocycles. The summed E-state index contributed by atoms with van der Waals surface area (Å²) in [6.07, 6.45) is 22.0. The third-order valence-corrected chi connectivity index (χ3v) is 11.1. The maximum absolute atomic E-state index is 2.31. The molecule has 158 valence electrons. The average Bonchev–Trinajstić information content (AvgIpc) is 2.72. The van der Waals surface area contributed by atoms with Crippen LogP contribution < -0.4 is 0 Å². The van der Waals surface area contributed by atoms with E-state index in [4.69, 9.17) is 0 Å². The Bertz CT molecular complexity index is 364. The van der Waals surface area contributed by atoms with Gasteiger partial charge in [0, 0.05) is 0 Å². The minimum Gasteiger partial charge on any atom is -0.165 e. The summed E-state index contributed by atoms with van der Waals surface area (Å²) in [6.45, 7) is 0. The van der Waals surface area contributed by atoms with Crippen molar-refractivity contribution in [1.29, 1.82) is 0 Å². The molecule has 0 aromatic rings. The zero-order valence-corrected chi connectivity index (χ0v) is 20.3. The lowest BCUT2D eigenvalue weighted by Gasteiger charge is -2.30. The first-order valence-electron chi connectivity index (χ1n) is 12.0. The molecule has 0 N–H and O–H groups in total. The van der Waals surface area contributed by atoms with E-state index in [2.05, 4.69) is 41.5 Å². The van der Waals surface area contributed by atoms with Gasteiger partial charge in [0.25, 0.3) is 0 Å². The third-order valence-electron chi connectivity index (χ3n) is 7.47. The summed E-state index contributed by atoms with van der Waals surface area (Å²) in [7, 11) is 0. The van der Waals surface area contributed by atoms with Crippen molar-refractivity contribution in [2.75, 3.05) is 35.0 Å². The predicted octanol–water partition coefficient (Wildman–Crippen LogP) is 8.01. The van der Waals surface area contributed by atoms with E-state index < -0.39 is 0 Å². The topological polar surface area (TPSA) is 0 Å². The molecule has 0 nitrogen and oxygen atoms in total. The summed E-state index contributed by atoms with van der Waals surface area (Å²) in [5, 5.41) is 0. The van der Waals surface area contributed by atoms with Gasteiger partial charge in [-0.1, -0.05) is 19.3 Å². The van der Waals surface area contributed by atoms with Crippen LogP contribution in [0.1, 0.15) is 83.5 Å². The van der Waals surface area contributed by atoms with E-state index in [0.717, 1.165) is 29.6 Å². The highest BCUT2D eigenvalue weighted by Gasteiger charge is 2.24. The minimum atomic E-state index is 1.03. The van der Waals surface area contributed by atoms with Gasteiger partial charge in [-0.25, -0.2) is 0 Å². The van der Waals surface area contributed by atoms with Crippen LogP contribution in [0.3, 0.4) is 0 Å². The molecule has 0 amide bonds. The Hall–Kier alpha value is 1.05. The summed E-state index contributed by atoms with van der Waals surface area (Å²) in [5.41, 5.74) is 0. The predicted molar refractivity (Wildman–Crippen MR) is 131 cm³/mol. The van der Waals surface area contributed by atoms with Crippen molar-refractivity contribution in [3.8, 4) is 0 Å². The molecule has 27 heavy (non-hydrogen) atoms. The molecular weight excluding hydrogens is 384 g/mol. The highest BCUT2D eigenvalue weighted by atomic mass is 32.2. The van der Waals surface area contributed by atoms with Gasteiger partial charge in [0.2, 0.25) is 0 Å². The lowest BCUT2D eigenvalue weighted by molar-refractivity contribution is 0.310. The Labute approximate surface area is 182 Å². The van der Waals surface area contributed by atoms with E-state index in [1.807, 2.05) is 0 Å². The Morgan fingerprint density at radius 1 is 0.444 bits per heavy atom. The van der Waals surface area contributed by atoms with Crippen LogP contribution in [0.15, 0.2) is 0 Å². The fraction of sp³-hybridized carbons (Fsp3) is 1.00. The molecule has 0 aliphatic heterocycles. The highest BCUT2D eigenvalue weighted by Crippen LogP contribution is 2.36. The molecule has 3 fully saturated rings. The fourth-order valence-corrected chi connectivity index (χ4v) is 9.27. The van der Waals surface area contributed by atoms with Gasteiger partial charge in [0.1, 0.15) is 0 Å². The zero-order valence-electron chi connectivity index (χ0n) is 17.8. The van der Waals surface area contributed by atoms with Crippen molar-refractivity contribution in [2.24, 2.45) is 29.6 Å². The lowest BCUT2D eigenvalue weighted by Crippen LogP contribution is -2.20. The summed E-state index contributed by atoms with van der Waals surface area (Å²) >= 11 is 6.66. The molecule has 0 aromatic carbocycles. The molecule has 0 atom stereocenters. The van der Waals surface area contributed by atoms with Gasteiger partial charge < -0.3 is 0 Å². The third kappa shape index (κ3) is 8.75. The Morgan fingerprint density at radius 2 is 0.778 bits per heavy atom. The van der Waals surface area contributed by atoms with Crippen molar-refractivity contribution in [2.45, 2.75) is 83.5 Å². The van der Waals surface area contributed by atoms with Gasteiger partial charge in [-0.3, -0.25) is 0 Å². The molecule has 0 bridgehead atoms. The van der Waals surface area contributed by atoms with Crippen LogP contribution in [0.25, 0.3) is 0 Å². The van der Waals surface area contributed by atoms with Crippen LogP contribution in [0.4, 0.5) is 0 Å². The van der Waals surface area contributed by atoms with Gasteiger partial charge >= 0.3 is 0 Å². The maximum Gasteiger partial charge on any atom is -0.00390 e. The van der Waals surface area contributed by atoms with Gasteiger partial charge in [0.05, 0.1) is 0 Å². The average molecular weight is 429 g/mol. The van der Waals surface area contributed by atoms with Gasteiger partial charge in [-0.15, -0.1) is 0 Å². The van der Waals surface area contributed by atoms with Crippen LogP contribution in [-0.2, 0) is 0 Å². The molecule has 0 unspecified atom stereocenters. The maximum atomic E-state index is 2.31. The zero-order chi connectivity index (χ0) is 18.7. The number of hydrogen-bond acceptors (Lipinski definition) is 3. The first-order chi connectivity index (χ1) is 13.3. The van der Waals surface area contributed by atoms with E-state index in [1.165, 1.54) is 112 Å². The van der Waals surface area contributed by atoms with Crippen molar-refractivity contribution < 1.29 is 0 Å². The Balaban J connectivity index is 1.18. The largest absolute Gasteiger partial charge is 0.165 e. The monoisotopic (exact) mass is 428 g/mol. The molecule has 0 aromatic heterocycles. The highest BCUT2D eigenvalue weighted by molar-refractivity contribution is 7.99. The van der Waals surface area contributed by atoms with E-state index in [0.29, 0.717) is 0 Å². The van der Waals surface area contributed by atoms with E-state index in [-0.39, 0.29) is 0 Å². The van der Waals surface area contributed by atoms with Crippen LogP contribution in [-0.4, -0.2) is 35.0 Å². The van der Waals surface area contributed by atoms with Crippen LogP contribution in [0, 0.1) is 29.6 Å². The standard InChI is InChI=1S/C24H44S3/c1-25-15-21-7-9-22(10-8-21)18-27-19-24-13-11-23(12-14-24)17-26-16-20-5-3-2-4-6-20/h20-24H,2-19H2,1H3. The normalized spacial score (nSPS) is 33.2. The SMILES string of the molecule is CSCC1CCC(CSCC2CCC(CSCC3CCCCC3)CC2)CC1. The molecule has 0 radical (unpaired) electrons. The van der Waals surface area contributed by atoms with Crippen molar-refractivity contribution >= 4 is 35.3 Å². The number of rotatable bonds is 10. The molecule has 3 aliphatic carbocycles. The van der Waals surface area contributed by atoms with Gasteiger partial charge in [-0.05, 0) is 129 Å². The summed E-state index contributed by atoms with van der Waals surface area (Å²) in [5.74, 6) is 12.5. The summed E-state index contributed by atoms with van der Waals surface area (Å²) in [4.78, 5) is 0. The number of thioether (sulfide) groups is 3. The van der Waals surface area contributed by atoms with Crippen LogP contribution >= 0.6 is 35.3 Å². The second-order valence-corrected chi connectivity index (χ2v) is 12.9. The molecule has 0 heterocycles. The van der Waals surface area contributed by atoms with Crippen molar-refractivity contribution in [3.63, 3.8) is 0 Å². The van der Waals surface area contributed by atoms with Gasteiger partial charge in [0.15, 0.2) is 0 Å². The lowest BCUT2D eigenvalue weighted by atomic mass is 9.84.